The Bertz CT molecular complexity index is 599. The molecule has 1 fully saturated rings. The summed E-state index contributed by atoms with van der Waals surface area (Å²) >= 11 is 0. The maximum absolute atomic E-state index is 11.8. The van der Waals surface area contributed by atoms with E-state index < -0.39 is 4.92 Å². The lowest BCUT2D eigenvalue weighted by Crippen LogP contribution is -2.15. The molecule has 0 saturated heterocycles. The van der Waals surface area contributed by atoms with Gasteiger partial charge in [0.1, 0.15) is 12.4 Å². The number of nitrogens with zero attached hydrogens (tertiary/aromatic N) is 1. The van der Waals surface area contributed by atoms with Gasteiger partial charge in [0.2, 0.25) is 0 Å². The lowest BCUT2D eigenvalue weighted by atomic mass is 10.1. The first-order valence-corrected chi connectivity index (χ1v) is 6.73. The van der Waals surface area contributed by atoms with Crippen molar-refractivity contribution in [2.75, 3.05) is 6.79 Å². The summed E-state index contributed by atoms with van der Waals surface area (Å²) in [6.45, 7) is 2.30. The second-order valence-corrected chi connectivity index (χ2v) is 5.39. The van der Waals surface area contributed by atoms with Gasteiger partial charge in [0.15, 0.2) is 6.79 Å². The van der Waals surface area contributed by atoms with Gasteiger partial charge >= 0.3 is 5.97 Å². The van der Waals surface area contributed by atoms with Gasteiger partial charge in [-0.3, -0.25) is 14.9 Å². The number of fused-ring (bicyclic) bond motifs is 1. The van der Waals surface area contributed by atoms with Crippen LogP contribution in [0.5, 0.6) is 5.75 Å². The van der Waals surface area contributed by atoms with E-state index in [0.717, 1.165) is 6.42 Å². The third kappa shape index (κ3) is 2.82. The first-order valence-electron chi connectivity index (χ1n) is 6.73. The summed E-state index contributed by atoms with van der Waals surface area (Å²) in [6, 6.07) is 2.80. The van der Waals surface area contributed by atoms with Crippen molar-refractivity contribution in [3.63, 3.8) is 0 Å². The molecule has 1 aliphatic carbocycles. The minimum atomic E-state index is -0.483. The Kier molecular flexibility index (Phi) is 3.50. The molecule has 2 aliphatic rings. The highest BCUT2D eigenvalue weighted by molar-refractivity contribution is 5.75. The van der Waals surface area contributed by atoms with E-state index in [2.05, 4.69) is 0 Å². The average Bonchev–Trinajstić information content (AvgIpc) is 3.21. The van der Waals surface area contributed by atoms with E-state index in [1.807, 2.05) is 6.92 Å². The van der Waals surface area contributed by atoms with Crippen LogP contribution in [0.2, 0.25) is 0 Å². The van der Waals surface area contributed by atoms with Crippen LogP contribution in [-0.2, 0) is 27.5 Å². The number of non-ortho nitro benzene ring substituents is 1. The Hall–Kier alpha value is -2.15. The van der Waals surface area contributed by atoms with Gasteiger partial charge in [-0.05, 0) is 12.3 Å². The summed E-state index contributed by atoms with van der Waals surface area (Å²) in [4.78, 5) is 22.2. The van der Waals surface area contributed by atoms with Gasteiger partial charge in [0.05, 0.1) is 17.4 Å². The molecule has 0 N–H and O–H groups in total. The lowest BCUT2D eigenvalue weighted by Gasteiger charge is -2.20. The van der Waals surface area contributed by atoms with Gasteiger partial charge < -0.3 is 14.2 Å². The van der Waals surface area contributed by atoms with Crippen LogP contribution in [0.15, 0.2) is 12.1 Å². The first kappa shape index (κ1) is 13.8. The number of benzene rings is 1. The van der Waals surface area contributed by atoms with Crippen LogP contribution in [0.1, 0.15) is 24.5 Å². The third-order valence-electron chi connectivity index (χ3n) is 3.76. The maximum atomic E-state index is 11.8. The fraction of sp³-hybridized carbons (Fsp3) is 0.500. The number of hydrogen-bond donors (Lipinski definition) is 0. The normalized spacial score (nSPS) is 22.9. The molecule has 0 unspecified atom stereocenters. The lowest BCUT2D eigenvalue weighted by molar-refractivity contribution is -0.385. The molecule has 2 atom stereocenters. The Morgan fingerprint density at radius 2 is 2.29 bits per heavy atom. The van der Waals surface area contributed by atoms with E-state index >= 15 is 0 Å². The maximum Gasteiger partial charge on any atom is 0.309 e. The molecule has 0 radical (unpaired) electrons. The number of ether oxygens (including phenoxy) is 3. The fourth-order valence-corrected chi connectivity index (χ4v) is 2.40. The van der Waals surface area contributed by atoms with E-state index in [1.165, 1.54) is 12.1 Å². The molecule has 7 nitrogen and oxygen atoms in total. The summed E-state index contributed by atoms with van der Waals surface area (Å²) in [5, 5.41) is 11.0. The molecular weight excluding hydrogens is 278 g/mol. The van der Waals surface area contributed by atoms with Crippen LogP contribution in [-0.4, -0.2) is 17.7 Å². The third-order valence-corrected chi connectivity index (χ3v) is 3.76. The minimum absolute atomic E-state index is 0.0218. The van der Waals surface area contributed by atoms with Crippen LogP contribution in [0.4, 0.5) is 5.69 Å². The van der Waals surface area contributed by atoms with Gasteiger partial charge in [-0.25, -0.2) is 0 Å². The number of hydrogen-bond acceptors (Lipinski definition) is 6. The predicted molar refractivity (Wildman–Crippen MR) is 70.4 cm³/mol. The van der Waals surface area contributed by atoms with Crippen LogP contribution in [0, 0.1) is 22.0 Å². The molecule has 3 rings (SSSR count). The van der Waals surface area contributed by atoms with E-state index in [-0.39, 0.29) is 37.6 Å². The number of carbonyl (C=O) groups is 1. The van der Waals surface area contributed by atoms with Crippen LogP contribution in [0.3, 0.4) is 0 Å². The molecule has 7 heteroatoms. The smallest absolute Gasteiger partial charge is 0.309 e. The Morgan fingerprint density at radius 3 is 2.95 bits per heavy atom. The van der Waals surface area contributed by atoms with Crippen LogP contribution >= 0.6 is 0 Å². The predicted octanol–water partition coefficient (Wildman–Crippen LogP) is 2.16. The van der Waals surface area contributed by atoms with Crippen molar-refractivity contribution in [3.05, 3.63) is 33.4 Å². The van der Waals surface area contributed by atoms with Crippen molar-refractivity contribution >= 4 is 11.7 Å². The highest BCUT2D eigenvalue weighted by atomic mass is 16.7. The summed E-state index contributed by atoms with van der Waals surface area (Å²) in [5.41, 5.74) is 1.04. The van der Waals surface area contributed by atoms with Crippen molar-refractivity contribution in [1.29, 1.82) is 0 Å². The zero-order valence-electron chi connectivity index (χ0n) is 11.5. The second kappa shape index (κ2) is 5.33. The molecule has 112 valence electrons. The average molecular weight is 293 g/mol. The topological polar surface area (TPSA) is 87.9 Å². The summed E-state index contributed by atoms with van der Waals surface area (Å²) in [7, 11) is 0. The van der Waals surface area contributed by atoms with E-state index in [9.17, 15) is 14.9 Å². The molecule has 0 spiro atoms. The van der Waals surface area contributed by atoms with Gasteiger partial charge in [-0.1, -0.05) is 6.92 Å². The van der Waals surface area contributed by atoms with Crippen LogP contribution < -0.4 is 4.74 Å². The number of nitro groups is 1. The fourth-order valence-electron chi connectivity index (χ4n) is 2.40. The van der Waals surface area contributed by atoms with Crippen LogP contribution in [0.25, 0.3) is 0 Å². The number of nitro benzene ring substituents is 1. The zero-order valence-corrected chi connectivity index (χ0v) is 11.5. The van der Waals surface area contributed by atoms with E-state index in [4.69, 9.17) is 14.2 Å². The molecule has 0 aromatic heterocycles. The quantitative estimate of drug-likeness (QED) is 0.480. The number of rotatable bonds is 4. The summed E-state index contributed by atoms with van der Waals surface area (Å²) < 4.78 is 15.7. The highest BCUT2D eigenvalue weighted by Crippen LogP contribution is 2.39. The number of carbonyl (C=O) groups excluding carboxylic acids is 1. The van der Waals surface area contributed by atoms with Gasteiger partial charge in [0.25, 0.3) is 5.69 Å². The molecule has 1 aromatic rings. The van der Waals surface area contributed by atoms with Gasteiger partial charge in [0, 0.05) is 23.3 Å². The van der Waals surface area contributed by atoms with Crippen molar-refractivity contribution in [1.82, 2.24) is 0 Å². The Balaban J connectivity index is 1.80. The molecule has 0 amide bonds. The van der Waals surface area contributed by atoms with Gasteiger partial charge in [-0.15, -0.1) is 0 Å². The minimum Gasteiger partial charge on any atom is -0.467 e. The van der Waals surface area contributed by atoms with Crippen molar-refractivity contribution in [2.24, 2.45) is 11.8 Å². The van der Waals surface area contributed by atoms with Crippen molar-refractivity contribution < 1.29 is 23.9 Å². The largest absolute Gasteiger partial charge is 0.467 e. The monoisotopic (exact) mass is 293 g/mol. The van der Waals surface area contributed by atoms with Gasteiger partial charge in [-0.2, -0.15) is 0 Å². The second-order valence-electron chi connectivity index (χ2n) is 5.39. The Labute approximate surface area is 120 Å². The Morgan fingerprint density at radius 1 is 1.52 bits per heavy atom. The molecule has 1 saturated carbocycles. The van der Waals surface area contributed by atoms with Crippen molar-refractivity contribution in [3.8, 4) is 5.75 Å². The zero-order chi connectivity index (χ0) is 15.0. The summed E-state index contributed by atoms with van der Waals surface area (Å²) in [5.74, 6) is 0.586. The molecule has 1 aromatic carbocycles. The molecule has 0 bridgehead atoms. The van der Waals surface area contributed by atoms with E-state index in [0.29, 0.717) is 22.8 Å². The first-order chi connectivity index (χ1) is 10.1. The molecule has 1 aliphatic heterocycles. The standard InChI is InChI=1S/C14H15NO6/c1-8-2-12(8)14(16)20-6-10-4-11(15(17)18)3-9-5-19-7-21-13(9)10/h3-4,8,12H,2,5-7H2,1H3/t8-,12-/m1/s1. The SMILES string of the molecule is C[C@@H]1C[C@H]1C(=O)OCc1cc([N+](=O)[O-])cc2c1OCOC2. The van der Waals surface area contributed by atoms with Crippen molar-refractivity contribution in [2.45, 2.75) is 26.6 Å². The number of esters is 1. The van der Waals surface area contributed by atoms with E-state index in [1.54, 1.807) is 0 Å². The molecule has 1 heterocycles. The highest BCUT2D eigenvalue weighted by Gasteiger charge is 2.40. The molecular formula is C14H15NO6. The summed E-state index contributed by atoms with van der Waals surface area (Å²) in [6.07, 6.45) is 0.843. The molecule has 21 heavy (non-hydrogen) atoms.